The molecule has 2 atom stereocenters. The molecule has 3 aliphatic rings. The van der Waals surface area contributed by atoms with E-state index in [0.717, 1.165) is 68.4 Å². The lowest BCUT2D eigenvalue weighted by Gasteiger charge is -2.51. The van der Waals surface area contributed by atoms with Crippen LogP contribution >= 0.6 is 0 Å². The van der Waals surface area contributed by atoms with Crippen molar-refractivity contribution in [2.45, 2.75) is 62.3 Å². The van der Waals surface area contributed by atoms with Gasteiger partial charge in [0.1, 0.15) is 11.1 Å². The first-order valence-corrected chi connectivity index (χ1v) is 13.8. The quantitative estimate of drug-likeness (QED) is 0.531. The highest BCUT2D eigenvalue weighted by Gasteiger charge is 2.55. The number of piperidine rings is 1. The Kier molecular flexibility index (Phi) is 6.51. The van der Waals surface area contributed by atoms with Crippen LogP contribution in [-0.4, -0.2) is 52.2 Å². The zero-order valence-electron chi connectivity index (χ0n) is 21.5. The predicted molar refractivity (Wildman–Crippen MR) is 147 cm³/mol. The van der Waals surface area contributed by atoms with Crippen molar-refractivity contribution in [2.24, 2.45) is 0 Å². The van der Waals surface area contributed by atoms with E-state index in [1.54, 1.807) is 0 Å². The highest BCUT2D eigenvalue weighted by molar-refractivity contribution is 5.93. The molecule has 2 unspecified atom stereocenters. The Labute approximate surface area is 220 Å². The van der Waals surface area contributed by atoms with Gasteiger partial charge in [0.25, 0.3) is 0 Å². The van der Waals surface area contributed by atoms with Crippen molar-refractivity contribution in [3.63, 3.8) is 0 Å². The summed E-state index contributed by atoms with van der Waals surface area (Å²) in [5, 5.41) is 12.0. The normalized spacial score (nSPS) is 26.1. The van der Waals surface area contributed by atoms with Crippen LogP contribution in [0.1, 0.15) is 49.7 Å². The molecule has 0 aromatic heterocycles. The minimum Gasteiger partial charge on any atom is -0.384 e. The molecule has 1 N–H and O–H groups in total. The topological polar surface area (TPSA) is 47.0 Å². The molecule has 1 saturated carbocycles. The van der Waals surface area contributed by atoms with Gasteiger partial charge in [-0.3, -0.25) is 9.69 Å². The Bertz CT molecular complexity index is 1190. The largest absolute Gasteiger partial charge is 0.384 e. The van der Waals surface area contributed by atoms with Crippen LogP contribution in [0.5, 0.6) is 0 Å². The van der Waals surface area contributed by atoms with Gasteiger partial charge in [-0.2, -0.15) is 0 Å². The monoisotopic (exact) mass is 495 g/mol. The van der Waals surface area contributed by atoms with Crippen LogP contribution in [0.15, 0.2) is 91.0 Å². The first kappa shape index (κ1) is 24.2. The van der Waals surface area contributed by atoms with E-state index in [-0.39, 0.29) is 11.9 Å². The van der Waals surface area contributed by atoms with Gasteiger partial charge >= 0.3 is 0 Å². The zero-order chi connectivity index (χ0) is 25.3. The van der Waals surface area contributed by atoms with E-state index in [1.807, 2.05) is 47.4 Å². The average molecular weight is 496 g/mol. The average Bonchev–Trinajstić information content (AvgIpc) is 3.21. The standard InChI is InChI=1S/C32H37N3O2/c36-30-31(35(28-16-8-3-9-17-28)25-34(30)24-26-12-4-1-5-13-26)20-22-33(23-21-31)29-18-10-11-19-32(29,37)27-14-6-2-7-15-27/h1-9,12-17,29,37H,10-11,18-25H2. The highest BCUT2D eigenvalue weighted by atomic mass is 16.3. The molecule has 0 bridgehead atoms. The number of hydrogen-bond acceptors (Lipinski definition) is 4. The number of likely N-dealkylation sites (tertiary alicyclic amines) is 1. The second-order valence-corrected chi connectivity index (χ2v) is 11.0. The number of amides is 1. The summed E-state index contributed by atoms with van der Waals surface area (Å²) in [6.07, 6.45) is 5.52. The molecule has 5 heteroatoms. The molecule has 5 nitrogen and oxygen atoms in total. The number of anilines is 1. The van der Waals surface area contributed by atoms with Crippen LogP contribution in [0, 0.1) is 0 Å². The molecule has 6 rings (SSSR count). The van der Waals surface area contributed by atoms with Crippen molar-refractivity contribution in [1.82, 2.24) is 9.80 Å². The Morgan fingerprint density at radius 2 is 1.41 bits per heavy atom. The Morgan fingerprint density at radius 3 is 2.08 bits per heavy atom. The molecule has 3 fully saturated rings. The first-order chi connectivity index (χ1) is 18.1. The molecule has 2 heterocycles. The smallest absolute Gasteiger partial charge is 0.250 e. The molecule has 2 saturated heterocycles. The van der Waals surface area contributed by atoms with E-state index in [0.29, 0.717) is 13.2 Å². The molecule has 37 heavy (non-hydrogen) atoms. The maximum absolute atomic E-state index is 14.1. The van der Waals surface area contributed by atoms with E-state index < -0.39 is 11.1 Å². The molecular formula is C32H37N3O2. The summed E-state index contributed by atoms with van der Waals surface area (Å²) in [5.74, 6) is 0.238. The van der Waals surface area contributed by atoms with E-state index in [2.05, 4.69) is 58.3 Å². The van der Waals surface area contributed by atoms with Crippen molar-refractivity contribution in [1.29, 1.82) is 0 Å². The fourth-order valence-electron chi connectivity index (χ4n) is 7.02. The highest BCUT2D eigenvalue weighted by Crippen LogP contribution is 2.44. The minimum atomic E-state index is -0.831. The van der Waals surface area contributed by atoms with Gasteiger partial charge in [-0.25, -0.2) is 0 Å². The number of para-hydroxylation sites is 1. The number of hydrogen-bond donors (Lipinski definition) is 1. The van der Waals surface area contributed by atoms with Gasteiger partial charge in [-0.1, -0.05) is 91.7 Å². The molecule has 3 aromatic carbocycles. The van der Waals surface area contributed by atoms with Gasteiger partial charge in [0, 0.05) is 31.4 Å². The van der Waals surface area contributed by atoms with E-state index in [1.165, 1.54) is 0 Å². The summed E-state index contributed by atoms with van der Waals surface area (Å²) in [5.41, 5.74) is 1.93. The summed E-state index contributed by atoms with van der Waals surface area (Å²) in [7, 11) is 0. The van der Waals surface area contributed by atoms with Crippen molar-refractivity contribution >= 4 is 11.6 Å². The van der Waals surface area contributed by atoms with Crippen LogP contribution in [0.4, 0.5) is 5.69 Å². The maximum Gasteiger partial charge on any atom is 0.250 e. The molecule has 0 radical (unpaired) electrons. The molecule has 1 aliphatic carbocycles. The van der Waals surface area contributed by atoms with Crippen LogP contribution in [0.2, 0.25) is 0 Å². The fourth-order valence-corrected chi connectivity index (χ4v) is 7.02. The summed E-state index contributed by atoms with van der Waals surface area (Å²) in [6, 6.07) is 31.0. The first-order valence-electron chi connectivity index (χ1n) is 13.8. The van der Waals surface area contributed by atoms with Crippen LogP contribution in [-0.2, 0) is 16.9 Å². The second kappa shape index (κ2) is 9.96. The number of carbonyl (C=O) groups is 1. The molecule has 3 aromatic rings. The van der Waals surface area contributed by atoms with Gasteiger partial charge in [0.15, 0.2) is 0 Å². The number of benzene rings is 3. The molecule has 1 amide bonds. The zero-order valence-corrected chi connectivity index (χ0v) is 21.5. The fraction of sp³-hybridized carbons (Fsp3) is 0.406. The van der Waals surface area contributed by atoms with Crippen molar-refractivity contribution < 1.29 is 9.90 Å². The van der Waals surface area contributed by atoms with Crippen molar-refractivity contribution in [2.75, 3.05) is 24.7 Å². The van der Waals surface area contributed by atoms with Gasteiger partial charge in [-0.05, 0) is 48.9 Å². The number of carbonyl (C=O) groups excluding carboxylic acids is 1. The van der Waals surface area contributed by atoms with E-state index in [9.17, 15) is 9.90 Å². The van der Waals surface area contributed by atoms with Crippen LogP contribution in [0.25, 0.3) is 0 Å². The third-order valence-corrected chi connectivity index (χ3v) is 8.97. The number of nitrogens with zero attached hydrogens (tertiary/aromatic N) is 3. The number of aliphatic hydroxyl groups is 1. The van der Waals surface area contributed by atoms with Gasteiger partial charge in [-0.15, -0.1) is 0 Å². The molecule has 2 aliphatic heterocycles. The Hall–Kier alpha value is -3.15. The predicted octanol–water partition coefficient (Wildman–Crippen LogP) is 5.16. The lowest BCUT2D eigenvalue weighted by molar-refractivity contribution is -0.135. The van der Waals surface area contributed by atoms with Crippen molar-refractivity contribution in [3.8, 4) is 0 Å². The summed E-state index contributed by atoms with van der Waals surface area (Å²) < 4.78 is 0. The minimum absolute atomic E-state index is 0.0862. The van der Waals surface area contributed by atoms with Gasteiger partial charge in [0.2, 0.25) is 5.91 Å². The third-order valence-electron chi connectivity index (χ3n) is 8.97. The summed E-state index contributed by atoms with van der Waals surface area (Å²) >= 11 is 0. The summed E-state index contributed by atoms with van der Waals surface area (Å²) in [4.78, 5) is 21.0. The Balaban J connectivity index is 1.26. The van der Waals surface area contributed by atoms with E-state index >= 15 is 0 Å². The van der Waals surface area contributed by atoms with Gasteiger partial charge in [0.05, 0.1) is 6.67 Å². The lowest BCUT2D eigenvalue weighted by atomic mass is 9.73. The maximum atomic E-state index is 14.1. The third kappa shape index (κ3) is 4.34. The molecule has 192 valence electrons. The number of rotatable bonds is 5. The SMILES string of the molecule is O=C1N(Cc2ccccc2)CN(c2ccccc2)C12CCN(C1CCCCC1(O)c1ccccc1)CC2. The van der Waals surface area contributed by atoms with Crippen LogP contribution < -0.4 is 4.90 Å². The molecular weight excluding hydrogens is 458 g/mol. The van der Waals surface area contributed by atoms with Gasteiger partial charge < -0.3 is 14.9 Å². The second-order valence-electron chi connectivity index (χ2n) is 11.0. The Morgan fingerprint density at radius 1 is 0.784 bits per heavy atom. The van der Waals surface area contributed by atoms with Crippen molar-refractivity contribution in [3.05, 3.63) is 102 Å². The van der Waals surface area contributed by atoms with Crippen LogP contribution in [0.3, 0.4) is 0 Å². The lowest BCUT2D eigenvalue weighted by Crippen LogP contribution is -2.61. The molecule has 1 spiro atoms. The van der Waals surface area contributed by atoms with E-state index in [4.69, 9.17) is 0 Å². The summed E-state index contributed by atoms with van der Waals surface area (Å²) in [6.45, 7) is 2.86.